The normalized spacial score (nSPS) is 14.6. The Morgan fingerprint density at radius 3 is 2.42 bits per heavy atom. The predicted octanol–water partition coefficient (Wildman–Crippen LogP) is 0.208. The van der Waals surface area contributed by atoms with Gasteiger partial charge >= 0.3 is 10.4 Å². The molecule has 0 N–H and O–H groups in total. The summed E-state index contributed by atoms with van der Waals surface area (Å²) in [6.07, 6.45) is -0.764. The summed E-state index contributed by atoms with van der Waals surface area (Å²) in [5, 5.41) is 0. The minimum atomic E-state index is -4.04. The van der Waals surface area contributed by atoms with Crippen molar-refractivity contribution >= 4 is 10.4 Å². The number of methoxy groups -OCH3 is 1. The van der Waals surface area contributed by atoms with Crippen molar-refractivity contribution in [1.82, 2.24) is 0 Å². The van der Waals surface area contributed by atoms with Crippen molar-refractivity contribution in [2.45, 2.75) is 20.1 Å². The molecule has 0 rings (SSSR count). The van der Waals surface area contributed by atoms with Crippen LogP contribution in [0.2, 0.25) is 0 Å². The molecule has 0 aromatic rings. The van der Waals surface area contributed by atoms with E-state index in [0.717, 1.165) is 0 Å². The Balaban J connectivity index is 3.76. The van der Waals surface area contributed by atoms with E-state index < -0.39 is 16.7 Å². The predicted molar refractivity (Wildman–Crippen MR) is 39.2 cm³/mol. The molecular weight excluding hydrogens is 188 g/mol. The van der Waals surface area contributed by atoms with Crippen LogP contribution in [0.4, 0.5) is 0 Å². The number of hydrogen-bond acceptors (Lipinski definition) is 6. The first-order chi connectivity index (χ1) is 5.52. The molecule has 0 saturated carbocycles. The Morgan fingerprint density at radius 2 is 2.00 bits per heavy atom. The standard InChI is InChI=1S/C5H12O6S/c1-4-9-12(6,7)11-10-5(2)8-3/h5H,4H2,1-3H3. The number of rotatable bonds is 6. The summed E-state index contributed by atoms with van der Waals surface area (Å²) in [6.45, 7) is 2.98. The van der Waals surface area contributed by atoms with E-state index in [4.69, 9.17) is 0 Å². The van der Waals surface area contributed by atoms with Crippen molar-refractivity contribution in [1.29, 1.82) is 0 Å². The summed E-state index contributed by atoms with van der Waals surface area (Å²) in [5.74, 6) is 0. The van der Waals surface area contributed by atoms with Crippen molar-refractivity contribution in [2.75, 3.05) is 13.7 Å². The fourth-order valence-corrected chi connectivity index (χ4v) is 0.842. The lowest BCUT2D eigenvalue weighted by Gasteiger charge is -2.08. The minimum absolute atomic E-state index is 0.00689. The quantitative estimate of drug-likeness (QED) is 0.346. The second kappa shape index (κ2) is 5.44. The maximum Gasteiger partial charge on any atom is 0.426 e. The second-order valence-electron chi connectivity index (χ2n) is 1.78. The fraction of sp³-hybridized carbons (Fsp3) is 1.00. The summed E-state index contributed by atoms with van der Waals surface area (Å²) in [7, 11) is -2.69. The molecule has 1 unspecified atom stereocenters. The van der Waals surface area contributed by atoms with E-state index in [2.05, 4.69) is 18.1 Å². The van der Waals surface area contributed by atoms with Gasteiger partial charge in [0.05, 0.1) is 6.61 Å². The topological polar surface area (TPSA) is 71.1 Å². The molecule has 0 bridgehead atoms. The molecule has 7 heteroatoms. The second-order valence-corrected chi connectivity index (χ2v) is 2.97. The molecule has 74 valence electrons. The van der Waals surface area contributed by atoms with E-state index in [1.54, 1.807) is 0 Å². The van der Waals surface area contributed by atoms with Crippen LogP contribution in [-0.2, 0) is 28.5 Å². The van der Waals surface area contributed by atoms with Gasteiger partial charge in [0.2, 0.25) is 0 Å². The molecule has 0 aliphatic heterocycles. The van der Waals surface area contributed by atoms with Crippen LogP contribution < -0.4 is 0 Å². The van der Waals surface area contributed by atoms with E-state index in [-0.39, 0.29) is 6.61 Å². The average Bonchev–Trinajstić information content (AvgIpc) is 2.00. The zero-order valence-corrected chi connectivity index (χ0v) is 7.96. The summed E-state index contributed by atoms with van der Waals surface area (Å²) in [5.41, 5.74) is 0. The highest BCUT2D eigenvalue weighted by Gasteiger charge is 2.14. The van der Waals surface area contributed by atoms with Gasteiger partial charge in [-0.1, -0.05) is 4.33 Å². The Bertz CT molecular complexity index is 198. The van der Waals surface area contributed by atoms with E-state index in [1.165, 1.54) is 21.0 Å². The highest BCUT2D eigenvalue weighted by atomic mass is 32.3. The van der Waals surface area contributed by atoms with Crippen LogP contribution >= 0.6 is 0 Å². The molecule has 0 amide bonds. The molecule has 0 aromatic heterocycles. The zero-order valence-electron chi connectivity index (χ0n) is 7.14. The Labute approximate surface area is 71.6 Å². The maximum atomic E-state index is 10.6. The number of ether oxygens (including phenoxy) is 1. The molecule has 12 heavy (non-hydrogen) atoms. The molecule has 0 aliphatic rings. The third-order valence-corrected chi connectivity index (χ3v) is 1.62. The summed E-state index contributed by atoms with van der Waals surface area (Å²) in [4.78, 5) is 4.27. The van der Waals surface area contributed by atoms with Gasteiger partial charge in [0.1, 0.15) is 0 Å². The van der Waals surface area contributed by atoms with Gasteiger partial charge < -0.3 is 4.74 Å². The maximum absolute atomic E-state index is 10.6. The minimum Gasteiger partial charge on any atom is -0.353 e. The molecule has 0 heterocycles. The molecule has 0 radical (unpaired) electrons. The van der Waals surface area contributed by atoms with E-state index in [0.29, 0.717) is 0 Å². The van der Waals surface area contributed by atoms with Crippen LogP contribution in [0, 0.1) is 0 Å². The SMILES string of the molecule is CCOS(=O)(=O)OOC(C)OC. The molecule has 0 aromatic carbocycles. The highest BCUT2D eigenvalue weighted by Crippen LogP contribution is 2.00. The first-order valence-corrected chi connectivity index (χ1v) is 4.62. The Kier molecular flexibility index (Phi) is 5.34. The van der Waals surface area contributed by atoms with E-state index in [1.807, 2.05) is 0 Å². The van der Waals surface area contributed by atoms with Crippen LogP contribution in [0.15, 0.2) is 0 Å². The monoisotopic (exact) mass is 200 g/mol. The van der Waals surface area contributed by atoms with Gasteiger partial charge in [-0.05, 0) is 13.8 Å². The van der Waals surface area contributed by atoms with Gasteiger partial charge in [-0.25, -0.2) is 4.18 Å². The largest absolute Gasteiger partial charge is 0.426 e. The molecule has 0 saturated heterocycles. The number of hydrogen-bond donors (Lipinski definition) is 0. The van der Waals surface area contributed by atoms with Crippen molar-refractivity contribution in [3.05, 3.63) is 0 Å². The lowest BCUT2D eigenvalue weighted by Crippen LogP contribution is -2.16. The van der Waals surface area contributed by atoms with Gasteiger partial charge in [-0.2, -0.15) is 13.3 Å². The highest BCUT2D eigenvalue weighted by molar-refractivity contribution is 7.81. The van der Waals surface area contributed by atoms with Crippen LogP contribution in [0.3, 0.4) is 0 Å². The molecular formula is C5H12O6S. The molecule has 0 spiro atoms. The zero-order chi connectivity index (χ0) is 9.61. The summed E-state index contributed by atoms with van der Waals surface area (Å²) >= 11 is 0. The van der Waals surface area contributed by atoms with Crippen LogP contribution in [0.25, 0.3) is 0 Å². The average molecular weight is 200 g/mol. The van der Waals surface area contributed by atoms with Crippen molar-refractivity contribution < 1.29 is 26.6 Å². The third kappa shape index (κ3) is 5.44. The molecule has 0 aliphatic carbocycles. The molecule has 6 nitrogen and oxygen atoms in total. The van der Waals surface area contributed by atoms with Crippen LogP contribution in [0.1, 0.15) is 13.8 Å². The fourth-order valence-electron chi connectivity index (χ4n) is 0.307. The van der Waals surface area contributed by atoms with Gasteiger partial charge in [0.15, 0.2) is 6.29 Å². The lowest BCUT2D eigenvalue weighted by atomic mass is 10.8. The van der Waals surface area contributed by atoms with E-state index >= 15 is 0 Å². The van der Waals surface area contributed by atoms with Crippen LogP contribution in [-0.4, -0.2) is 28.4 Å². The molecule has 1 atom stereocenters. The van der Waals surface area contributed by atoms with Crippen molar-refractivity contribution in [3.8, 4) is 0 Å². The van der Waals surface area contributed by atoms with E-state index in [9.17, 15) is 8.42 Å². The molecule has 0 fully saturated rings. The van der Waals surface area contributed by atoms with Gasteiger partial charge in [0, 0.05) is 7.11 Å². The Hall–Kier alpha value is -0.210. The third-order valence-electron chi connectivity index (χ3n) is 0.852. The smallest absolute Gasteiger partial charge is 0.353 e. The van der Waals surface area contributed by atoms with Gasteiger partial charge in [-0.15, -0.1) is 0 Å². The first-order valence-electron chi connectivity index (χ1n) is 3.29. The van der Waals surface area contributed by atoms with Gasteiger partial charge in [0.25, 0.3) is 0 Å². The van der Waals surface area contributed by atoms with Crippen LogP contribution in [0.5, 0.6) is 0 Å². The summed E-state index contributed by atoms with van der Waals surface area (Å²) in [6, 6.07) is 0. The van der Waals surface area contributed by atoms with Crippen molar-refractivity contribution in [2.24, 2.45) is 0 Å². The Morgan fingerprint density at radius 1 is 1.42 bits per heavy atom. The van der Waals surface area contributed by atoms with Gasteiger partial charge in [-0.3, -0.25) is 0 Å². The summed E-state index contributed by atoms with van der Waals surface area (Å²) < 4.78 is 33.9. The van der Waals surface area contributed by atoms with Crippen molar-refractivity contribution in [3.63, 3.8) is 0 Å². The lowest BCUT2D eigenvalue weighted by molar-refractivity contribution is -0.307. The first kappa shape index (κ1) is 11.8.